The van der Waals surface area contributed by atoms with Crippen molar-refractivity contribution in [3.8, 4) is 40.2 Å². The first-order chi connectivity index (χ1) is 36.1. The van der Waals surface area contributed by atoms with E-state index in [2.05, 4.69) is 4.89 Å². The summed E-state index contributed by atoms with van der Waals surface area (Å²) < 4.78 is 50.8. The first kappa shape index (κ1) is 77.1. The summed E-state index contributed by atoms with van der Waals surface area (Å²) in [5, 5.41) is 52.3. The minimum Gasteiger partial charge on any atom is -0.662 e. The molecule has 0 amide bonds. The number of para-hydroxylation sites is 4. The maximum Gasteiger partial charge on any atom is 1.00 e. The van der Waals surface area contributed by atoms with Gasteiger partial charge in [-0.1, -0.05) is 72.8 Å². The Labute approximate surface area is 553 Å². The zero-order valence-corrected chi connectivity index (χ0v) is 51.3. The molecule has 0 bridgehead atoms. The number of nitro groups is 2. The average Bonchev–Trinajstić information content (AvgIpc) is 3.39. The van der Waals surface area contributed by atoms with Crippen molar-refractivity contribution in [2.24, 2.45) is 0 Å². The predicted octanol–water partition coefficient (Wildman–Crippen LogP) is 8.22. The number of anilines is 1. The summed E-state index contributed by atoms with van der Waals surface area (Å²) >= 11 is 0. The van der Waals surface area contributed by atoms with Crippen LogP contribution >= 0.6 is 10.7 Å². The molecule has 20 nitrogen and oxygen atoms in total. The summed E-state index contributed by atoms with van der Waals surface area (Å²) in [6, 6.07) is 60.4. The quantitative estimate of drug-likeness (QED) is 0.0190. The van der Waals surface area contributed by atoms with Gasteiger partial charge in [0.05, 0.1) is 14.7 Å². The standard InChI is InChI=1S/C12H9ClO3S.C12H9NO3.C12H11NO.C6H4FNO2.C6H6O.2C2H4O2.CH2O3.Fe.2K/c13-17(14,15)12-8-6-11(7-9-12)16-10-4-2-1-3-5-10;14-13(15)10-6-8-12(9-7-10)16-11-4-2-1-3-5-11;13-10-6-8-12(9-7-10)14-11-4-2-1-3-5-11;7-5-1-3-6(4-2-5)8(9)10;7-6-4-2-1-3-5-6;2*1-2(3)4;2-1-4-3;;;/h1-9H;1-9H;1-9H,13H2;1-4H;1-5,7H;2*1H3,(H,3,4);1,3H;;;/q;;;;;;;;;;+1/p-1. The number of aromatic hydroxyl groups is 1. The van der Waals surface area contributed by atoms with Crippen molar-refractivity contribution in [1.29, 1.82) is 0 Å². The SMILES string of the molecule is CC(=O)O.CC(=O)O.Nc1ccc(Oc2ccccc2)cc1.O=CO[O-].O=S(=O)(Cl)c1ccc(Oc2ccccc2)cc1.O=[N+]([O-])c1ccc(F)cc1.O=[N+]([O-])c1ccc(Oc2ccccc2)cc1.Oc1ccccc1.[Fe].[K+].[K]. The third-order valence-corrected chi connectivity index (χ3v) is 9.17. The number of carboxylic acids is 2. The van der Waals surface area contributed by atoms with Crippen LogP contribution in [0.3, 0.4) is 0 Å². The molecule has 0 aliphatic heterocycles. The number of rotatable bonds is 10. The van der Waals surface area contributed by atoms with Crippen LogP contribution in [-0.4, -0.2) is 103 Å². The van der Waals surface area contributed by atoms with Crippen molar-refractivity contribution >= 4 is 107 Å². The number of ether oxygens (including phenoxy) is 3. The number of aliphatic carboxylic acids is 2. The number of phenols is 1. The number of nitrogens with zero attached hydrogens (tertiary/aromatic N) is 2. The van der Waals surface area contributed by atoms with Gasteiger partial charge in [0.2, 0.25) is 0 Å². The zero-order valence-electron chi connectivity index (χ0n) is 42.4. The fraction of sp³-hybridized carbons (Fsp3) is 0.0377. The number of nitro benzene ring substituents is 2. The van der Waals surface area contributed by atoms with Crippen LogP contribution in [0.4, 0.5) is 21.5 Å². The van der Waals surface area contributed by atoms with E-state index < -0.39 is 36.7 Å². The molecular formula is C53H48ClFFeK2N3O17S. The number of halogens is 2. The molecule has 0 fully saturated rings. The monoisotopic (exact) mass is 1220 g/mol. The summed E-state index contributed by atoms with van der Waals surface area (Å²) in [6.07, 6.45) is 0. The maximum absolute atomic E-state index is 12.1. The van der Waals surface area contributed by atoms with E-state index in [4.69, 9.17) is 65.6 Å². The van der Waals surface area contributed by atoms with Gasteiger partial charge in [0, 0.05) is 123 Å². The Morgan fingerprint density at radius 3 is 1.03 bits per heavy atom. The van der Waals surface area contributed by atoms with Crippen LogP contribution in [0.2, 0.25) is 0 Å². The molecule has 8 aromatic carbocycles. The van der Waals surface area contributed by atoms with Crippen molar-refractivity contribution in [2.75, 3.05) is 5.73 Å². The molecule has 0 aliphatic rings. The third kappa shape index (κ3) is 40.7. The largest absolute Gasteiger partial charge is 1.00 e. The molecular weight excluding hydrogens is 1170 g/mol. The molecule has 0 aliphatic carbocycles. The van der Waals surface area contributed by atoms with Crippen LogP contribution in [0.15, 0.2) is 223 Å². The van der Waals surface area contributed by atoms with Crippen molar-refractivity contribution in [3.63, 3.8) is 0 Å². The minimum atomic E-state index is -3.68. The number of nitrogens with two attached hydrogens (primary N) is 1. The third-order valence-electron chi connectivity index (χ3n) is 7.80. The van der Waals surface area contributed by atoms with Gasteiger partial charge in [-0.25, -0.2) is 12.8 Å². The molecule has 407 valence electrons. The molecule has 1 radical (unpaired) electrons. The molecule has 0 saturated heterocycles. The molecule has 0 unspecified atom stereocenters. The van der Waals surface area contributed by atoms with E-state index in [1.807, 2.05) is 121 Å². The Balaban J connectivity index is -0.000000876. The van der Waals surface area contributed by atoms with E-state index in [-0.39, 0.29) is 143 Å². The fourth-order valence-corrected chi connectivity index (χ4v) is 5.48. The van der Waals surface area contributed by atoms with Crippen LogP contribution in [0.5, 0.6) is 40.2 Å². The summed E-state index contributed by atoms with van der Waals surface area (Å²) in [4.78, 5) is 48.7. The number of phenolic OH excluding ortho intramolecular Hbond substituents is 1. The van der Waals surface area contributed by atoms with Crippen LogP contribution in [0.1, 0.15) is 13.8 Å². The summed E-state index contributed by atoms with van der Waals surface area (Å²) in [5.74, 6) is 2.35. The number of carbonyl (C=O) groups excluding carboxylic acids is 1. The van der Waals surface area contributed by atoms with Gasteiger partial charge in [0.15, 0.2) is 0 Å². The Hall–Kier alpha value is -6.11. The van der Waals surface area contributed by atoms with E-state index in [0.717, 1.165) is 55.3 Å². The first-order valence-electron chi connectivity index (χ1n) is 21.2. The summed E-state index contributed by atoms with van der Waals surface area (Å²) in [6.45, 7) is 1.99. The van der Waals surface area contributed by atoms with Gasteiger partial charge < -0.3 is 45.4 Å². The van der Waals surface area contributed by atoms with Gasteiger partial charge in [0.25, 0.3) is 38.8 Å². The number of non-ortho nitro benzene ring substituents is 2. The molecule has 8 aromatic rings. The van der Waals surface area contributed by atoms with Crippen LogP contribution in [0, 0.1) is 26.0 Å². The number of carbonyl (C=O) groups is 3. The molecule has 0 aromatic heterocycles. The van der Waals surface area contributed by atoms with Crippen molar-refractivity contribution in [2.45, 2.75) is 18.7 Å². The van der Waals surface area contributed by atoms with Gasteiger partial charge >= 0.3 is 51.4 Å². The number of nitrogen functional groups attached to an aromatic ring is 1. The van der Waals surface area contributed by atoms with Crippen molar-refractivity contribution in [1.82, 2.24) is 0 Å². The minimum absolute atomic E-state index is 0. The Morgan fingerprint density at radius 1 is 0.544 bits per heavy atom. The number of benzene rings is 8. The second-order valence-electron chi connectivity index (χ2n) is 13.8. The summed E-state index contributed by atoms with van der Waals surface area (Å²) in [7, 11) is 1.53. The van der Waals surface area contributed by atoms with Crippen LogP contribution in [0.25, 0.3) is 0 Å². The number of hydrogen-bond donors (Lipinski definition) is 4. The first-order valence-corrected chi connectivity index (χ1v) is 23.5. The van der Waals surface area contributed by atoms with Gasteiger partial charge in [-0.15, -0.1) is 0 Å². The number of hydrogen-bond acceptors (Lipinski definition) is 16. The molecule has 26 heteroatoms. The molecule has 0 heterocycles. The van der Waals surface area contributed by atoms with E-state index in [0.29, 0.717) is 28.7 Å². The molecule has 0 saturated carbocycles. The van der Waals surface area contributed by atoms with Crippen LogP contribution in [-0.2, 0) is 45.4 Å². The molecule has 0 atom stereocenters. The second kappa shape index (κ2) is 45.7. The van der Waals surface area contributed by atoms with Crippen LogP contribution < -0.4 is 76.6 Å². The van der Waals surface area contributed by atoms with E-state index >= 15 is 0 Å². The van der Waals surface area contributed by atoms with Gasteiger partial charge in [-0.2, -0.15) is 0 Å². The van der Waals surface area contributed by atoms with Gasteiger partial charge in [-0.05, 0) is 121 Å². The molecule has 79 heavy (non-hydrogen) atoms. The van der Waals surface area contributed by atoms with E-state index in [1.165, 1.54) is 24.3 Å². The predicted molar refractivity (Wildman–Crippen MR) is 284 cm³/mol. The topological polar surface area (TPSA) is 318 Å². The maximum atomic E-state index is 12.1. The molecule has 0 spiro atoms. The van der Waals surface area contributed by atoms with Crippen molar-refractivity contribution in [3.05, 3.63) is 244 Å². The summed E-state index contributed by atoms with van der Waals surface area (Å²) in [5.41, 5.74) is 6.27. The normalized spacial score (nSPS) is 8.92. The van der Waals surface area contributed by atoms with Gasteiger partial charge in [0.1, 0.15) is 46.1 Å². The smallest absolute Gasteiger partial charge is 0.662 e. The number of carboxylic acid groups (broad SMARTS) is 2. The average molecular weight is 1220 g/mol. The fourth-order valence-electron chi connectivity index (χ4n) is 4.71. The zero-order chi connectivity index (χ0) is 56.7. The van der Waals surface area contributed by atoms with Crippen molar-refractivity contribution < 1.29 is 145 Å². The Bertz CT molecular complexity index is 3010. The molecule has 5 N–H and O–H groups in total. The van der Waals surface area contributed by atoms with E-state index in [1.54, 1.807) is 48.5 Å². The second-order valence-corrected chi connectivity index (χ2v) is 16.3. The van der Waals surface area contributed by atoms with E-state index in [9.17, 15) is 33.0 Å². The van der Waals surface area contributed by atoms with Gasteiger partial charge in [-0.3, -0.25) is 34.6 Å². The molecule has 8 rings (SSSR count). The Morgan fingerprint density at radius 2 is 0.785 bits per heavy atom. The Kier molecular flexibility index (Phi) is 44.6.